The maximum atomic E-state index is 12.9. The van der Waals surface area contributed by atoms with Crippen molar-refractivity contribution in [2.45, 2.75) is 11.8 Å². The van der Waals surface area contributed by atoms with E-state index in [9.17, 15) is 14.7 Å². The van der Waals surface area contributed by atoms with Crippen molar-refractivity contribution in [1.82, 2.24) is 4.90 Å². The maximum absolute atomic E-state index is 12.9. The minimum Gasteiger partial charge on any atom is -0.481 e. The number of carbonyl (C=O) groups is 2. The topological polar surface area (TPSA) is 66.8 Å². The van der Waals surface area contributed by atoms with Crippen molar-refractivity contribution in [3.8, 4) is 11.1 Å². The molecular weight excluding hydrogens is 426 g/mol. The Hall–Kier alpha value is -3.31. The van der Waals surface area contributed by atoms with Crippen LogP contribution in [0.4, 0.5) is 4.79 Å². The molecule has 1 heterocycles. The number of aliphatic carboxylic acids is 1. The molecule has 0 unspecified atom stereocenters. The number of amides is 1. The standard InChI is InChI=1S/C26H22ClNO4/c27-17-11-9-16(10-12-17)22-13-28(14-23(22)25(29)30)26(31)32-15-24-20-7-3-1-5-18(20)19-6-2-4-8-21(19)24/h1-12,22-24H,13-15H2,(H,29,30)/t22-,23+/m0/s1. The predicted molar refractivity (Wildman–Crippen MR) is 122 cm³/mol. The first-order valence-corrected chi connectivity index (χ1v) is 11.0. The third-order valence-electron chi connectivity index (χ3n) is 6.53. The van der Waals surface area contributed by atoms with Gasteiger partial charge in [-0.15, -0.1) is 0 Å². The largest absolute Gasteiger partial charge is 0.481 e. The zero-order valence-electron chi connectivity index (χ0n) is 17.3. The highest BCUT2D eigenvalue weighted by molar-refractivity contribution is 6.30. The number of carboxylic acid groups (broad SMARTS) is 1. The van der Waals surface area contributed by atoms with Crippen LogP contribution in [0.1, 0.15) is 28.5 Å². The first-order valence-electron chi connectivity index (χ1n) is 10.6. The quantitative estimate of drug-likeness (QED) is 0.582. The Balaban J connectivity index is 1.32. The van der Waals surface area contributed by atoms with Gasteiger partial charge in [-0.05, 0) is 39.9 Å². The van der Waals surface area contributed by atoms with Crippen molar-refractivity contribution in [3.05, 3.63) is 94.5 Å². The van der Waals surface area contributed by atoms with Gasteiger partial charge in [0.1, 0.15) is 6.61 Å². The lowest BCUT2D eigenvalue weighted by atomic mass is 9.89. The fourth-order valence-corrected chi connectivity index (χ4v) is 5.06. The Labute approximate surface area is 191 Å². The zero-order chi connectivity index (χ0) is 22.2. The van der Waals surface area contributed by atoms with Crippen LogP contribution in [0.5, 0.6) is 0 Å². The second kappa shape index (κ2) is 8.32. The third kappa shape index (κ3) is 3.63. The molecule has 0 radical (unpaired) electrons. The number of benzene rings is 3. The summed E-state index contributed by atoms with van der Waals surface area (Å²) in [4.78, 5) is 26.3. The molecule has 0 aromatic heterocycles. The SMILES string of the molecule is O=C(O)[C@@H]1CN(C(=O)OCC2c3ccccc3-c3ccccc32)C[C@H]1c1ccc(Cl)cc1. The summed E-state index contributed by atoms with van der Waals surface area (Å²) in [6.45, 7) is 0.640. The van der Waals surface area contributed by atoms with Gasteiger partial charge in [-0.1, -0.05) is 72.3 Å². The molecule has 2 aliphatic rings. The predicted octanol–water partition coefficient (Wildman–Crippen LogP) is 5.39. The van der Waals surface area contributed by atoms with Gasteiger partial charge < -0.3 is 14.7 Å². The summed E-state index contributed by atoms with van der Waals surface area (Å²) in [5.41, 5.74) is 5.48. The second-order valence-electron chi connectivity index (χ2n) is 8.31. The summed E-state index contributed by atoms with van der Waals surface area (Å²) in [5, 5.41) is 10.3. The average molecular weight is 448 g/mol. The molecular formula is C26H22ClNO4. The molecule has 3 aromatic rings. The number of rotatable bonds is 4. The lowest BCUT2D eigenvalue weighted by Crippen LogP contribution is -2.31. The van der Waals surface area contributed by atoms with Crippen molar-refractivity contribution in [2.24, 2.45) is 5.92 Å². The Morgan fingerprint density at radius 2 is 1.50 bits per heavy atom. The number of carbonyl (C=O) groups excluding carboxylic acids is 1. The molecule has 1 N–H and O–H groups in total. The Kier molecular flexibility index (Phi) is 5.35. The normalized spacial score (nSPS) is 19.5. The lowest BCUT2D eigenvalue weighted by molar-refractivity contribution is -0.141. The first-order chi connectivity index (χ1) is 15.5. The van der Waals surface area contributed by atoms with E-state index in [2.05, 4.69) is 24.3 Å². The minimum atomic E-state index is -0.918. The van der Waals surface area contributed by atoms with Gasteiger partial charge in [-0.2, -0.15) is 0 Å². The summed E-state index contributed by atoms with van der Waals surface area (Å²) >= 11 is 5.97. The molecule has 5 nitrogen and oxygen atoms in total. The van der Waals surface area contributed by atoms with Gasteiger partial charge >= 0.3 is 12.1 Å². The summed E-state index contributed by atoms with van der Waals surface area (Å²) in [6, 6.07) is 23.5. The fraction of sp³-hybridized carbons (Fsp3) is 0.231. The number of nitrogens with zero attached hydrogens (tertiary/aromatic N) is 1. The average Bonchev–Trinajstić information content (AvgIpc) is 3.39. The second-order valence-corrected chi connectivity index (χ2v) is 8.75. The number of likely N-dealkylation sites (tertiary alicyclic amines) is 1. The molecule has 6 heteroatoms. The van der Waals surface area contributed by atoms with Gasteiger partial charge in [0.2, 0.25) is 0 Å². The molecule has 162 valence electrons. The van der Waals surface area contributed by atoms with Crippen LogP contribution in [0.15, 0.2) is 72.8 Å². The Morgan fingerprint density at radius 1 is 0.906 bits per heavy atom. The number of hydrogen-bond donors (Lipinski definition) is 1. The van der Waals surface area contributed by atoms with Crippen LogP contribution < -0.4 is 0 Å². The molecule has 3 aromatic carbocycles. The van der Waals surface area contributed by atoms with Crippen LogP contribution in [-0.2, 0) is 9.53 Å². The van der Waals surface area contributed by atoms with Gasteiger partial charge in [0, 0.05) is 29.9 Å². The van der Waals surface area contributed by atoms with Gasteiger partial charge in [-0.25, -0.2) is 4.79 Å². The number of carboxylic acids is 1. The summed E-state index contributed by atoms with van der Waals surface area (Å²) in [7, 11) is 0. The first kappa shape index (κ1) is 20.6. The minimum absolute atomic E-state index is 0.0312. The molecule has 5 rings (SSSR count). The van der Waals surface area contributed by atoms with Crippen molar-refractivity contribution in [1.29, 1.82) is 0 Å². The van der Waals surface area contributed by atoms with E-state index in [4.69, 9.17) is 16.3 Å². The number of halogens is 1. The molecule has 2 atom stereocenters. The van der Waals surface area contributed by atoms with E-state index >= 15 is 0 Å². The van der Waals surface area contributed by atoms with Crippen LogP contribution >= 0.6 is 11.6 Å². The lowest BCUT2D eigenvalue weighted by Gasteiger charge is -2.19. The molecule has 1 saturated heterocycles. The van der Waals surface area contributed by atoms with Gasteiger partial charge in [0.05, 0.1) is 5.92 Å². The van der Waals surface area contributed by atoms with E-state index in [1.807, 2.05) is 36.4 Å². The number of fused-ring (bicyclic) bond motifs is 3. The van der Waals surface area contributed by atoms with E-state index in [-0.39, 0.29) is 25.0 Å². The number of ether oxygens (including phenoxy) is 1. The van der Waals surface area contributed by atoms with Crippen LogP contribution in [-0.4, -0.2) is 41.8 Å². The van der Waals surface area contributed by atoms with Crippen LogP contribution in [0, 0.1) is 5.92 Å². The van der Waals surface area contributed by atoms with Gasteiger partial charge in [0.15, 0.2) is 0 Å². The van der Waals surface area contributed by atoms with Crippen molar-refractivity contribution in [2.75, 3.05) is 19.7 Å². The van der Waals surface area contributed by atoms with E-state index in [0.29, 0.717) is 11.6 Å². The smallest absolute Gasteiger partial charge is 0.409 e. The van der Waals surface area contributed by atoms with Crippen LogP contribution in [0.25, 0.3) is 11.1 Å². The van der Waals surface area contributed by atoms with Crippen LogP contribution in [0.3, 0.4) is 0 Å². The van der Waals surface area contributed by atoms with E-state index in [1.54, 1.807) is 12.1 Å². The van der Waals surface area contributed by atoms with Gasteiger partial charge in [-0.3, -0.25) is 4.79 Å². The summed E-state index contributed by atoms with van der Waals surface area (Å²) in [6.07, 6.45) is -0.477. The van der Waals surface area contributed by atoms with Crippen molar-refractivity contribution >= 4 is 23.7 Å². The monoisotopic (exact) mass is 447 g/mol. The van der Waals surface area contributed by atoms with E-state index in [0.717, 1.165) is 16.7 Å². The molecule has 1 amide bonds. The van der Waals surface area contributed by atoms with E-state index < -0.39 is 18.0 Å². The molecule has 1 fully saturated rings. The zero-order valence-corrected chi connectivity index (χ0v) is 18.0. The van der Waals surface area contributed by atoms with Gasteiger partial charge in [0.25, 0.3) is 0 Å². The molecule has 1 aliphatic heterocycles. The highest BCUT2D eigenvalue weighted by Gasteiger charge is 2.41. The van der Waals surface area contributed by atoms with Crippen molar-refractivity contribution in [3.63, 3.8) is 0 Å². The Bertz CT molecular complexity index is 1130. The highest BCUT2D eigenvalue weighted by atomic mass is 35.5. The highest BCUT2D eigenvalue weighted by Crippen LogP contribution is 2.44. The maximum Gasteiger partial charge on any atom is 0.409 e. The van der Waals surface area contributed by atoms with Crippen LogP contribution in [0.2, 0.25) is 5.02 Å². The molecule has 32 heavy (non-hydrogen) atoms. The van der Waals surface area contributed by atoms with E-state index in [1.165, 1.54) is 16.0 Å². The molecule has 0 bridgehead atoms. The fourth-order valence-electron chi connectivity index (χ4n) is 4.94. The summed E-state index contributed by atoms with van der Waals surface area (Å²) < 4.78 is 5.73. The molecule has 1 aliphatic carbocycles. The molecule has 0 saturated carbocycles. The van der Waals surface area contributed by atoms with Crippen molar-refractivity contribution < 1.29 is 19.4 Å². The Morgan fingerprint density at radius 3 is 2.09 bits per heavy atom. The third-order valence-corrected chi connectivity index (χ3v) is 6.78. The summed E-state index contributed by atoms with van der Waals surface area (Å²) in [5.74, 6) is -1.93. The number of hydrogen-bond acceptors (Lipinski definition) is 3. The molecule has 0 spiro atoms.